The summed E-state index contributed by atoms with van der Waals surface area (Å²) < 4.78 is 27.6. The van der Waals surface area contributed by atoms with E-state index in [9.17, 15) is 8.42 Å². The first-order valence-corrected chi connectivity index (χ1v) is 12.2. The number of rotatable bonds is 7. The Labute approximate surface area is 181 Å². The quantitative estimate of drug-likeness (QED) is 0.603. The number of aryl methyl sites for hydroxylation is 1. The fourth-order valence-electron chi connectivity index (χ4n) is 3.80. The molecule has 1 unspecified atom stereocenters. The van der Waals surface area contributed by atoms with E-state index in [4.69, 9.17) is 0 Å². The van der Waals surface area contributed by atoms with Gasteiger partial charge in [0, 0.05) is 38.1 Å². The SMILES string of the molecule is Cc1cc(S(=O)(=O)Nc2cscn2)ncc1N(C)C1CCN(Cc2ccccc2)C1. The van der Waals surface area contributed by atoms with Crippen LogP contribution in [0.15, 0.2) is 58.5 Å². The van der Waals surface area contributed by atoms with Gasteiger partial charge in [0.15, 0.2) is 10.8 Å². The molecular weight excluding hydrogens is 418 g/mol. The number of likely N-dealkylation sites (tertiary alicyclic amines) is 1. The third-order valence-corrected chi connectivity index (χ3v) is 7.27. The second kappa shape index (κ2) is 8.71. The zero-order valence-electron chi connectivity index (χ0n) is 17.0. The number of pyridine rings is 1. The van der Waals surface area contributed by atoms with Gasteiger partial charge in [0.2, 0.25) is 0 Å². The topological polar surface area (TPSA) is 78.4 Å². The highest BCUT2D eigenvalue weighted by Crippen LogP contribution is 2.27. The first kappa shape index (κ1) is 20.8. The van der Waals surface area contributed by atoms with Crippen molar-refractivity contribution in [3.63, 3.8) is 0 Å². The van der Waals surface area contributed by atoms with Crippen LogP contribution in [0.5, 0.6) is 0 Å². The van der Waals surface area contributed by atoms with E-state index < -0.39 is 10.0 Å². The molecule has 30 heavy (non-hydrogen) atoms. The number of nitrogens with one attached hydrogen (secondary N) is 1. The zero-order valence-corrected chi connectivity index (χ0v) is 18.7. The Kier molecular flexibility index (Phi) is 6.03. The van der Waals surface area contributed by atoms with Gasteiger partial charge in [-0.15, -0.1) is 11.3 Å². The summed E-state index contributed by atoms with van der Waals surface area (Å²) in [6.45, 7) is 4.88. The van der Waals surface area contributed by atoms with E-state index in [-0.39, 0.29) is 5.03 Å². The van der Waals surface area contributed by atoms with Gasteiger partial charge in [-0.2, -0.15) is 8.42 Å². The number of hydrogen-bond acceptors (Lipinski definition) is 7. The second-order valence-electron chi connectivity index (χ2n) is 7.56. The molecule has 0 bridgehead atoms. The van der Waals surface area contributed by atoms with Gasteiger partial charge in [0.05, 0.1) is 17.4 Å². The van der Waals surface area contributed by atoms with Crippen molar-refractivity contribution in [3.8, 4) is 0 Å². The van der Waals surface area contributed by atoms with Crippen LogP contribution >= 0.6 is 11.3 Å². The summed E-state index contributed by atoms with van der Waals surface area (Å²) in [4.78, 5) is 12.9. The first-order chi connectivity index (χ1) is 14.4. The molecule has 1 saturated heterocycles. The number of aromatic nitrogens is 2. The fourth-order valence-corrected chi connectivity index (χ4v) is 5.38. The summed E-state index contributed by atoms with van der Waals surface area (Å²) in [5.41, 5.74) is 4.74. The zero-order chi connectivity index (χ0) is 21.1. The number of nitrogens with zero attached hydrogens (tertiary/aromatic N) is 4. The molecule has 158 valence electrons. The van der Waals surface area contributed by atoms with E-state index in [1.165, 1.54) is 16.9 Å². The molecule has 0 radical (unpaired) electrons. The van der Waals surface area contributed by atoms with Crippen molar-refractivity contribution in [2.45, 2.75) is 31.0 Å². The molecule has 7 nitrogen and oxygen atoms in total. The largest absolute Gasteiger partial charge is 0.369 e. The van der Waals surface area contributed by atoms with Crippen molar-refractivity contribution in [1.29, 1.82) is 0 Å². The van der Waals surface area contributed by atoms with Gasteiger partial charge in [0.1, 0.15) is 0 Å². The van der Waals surface area contributed by atoms with Crippen LogP contribution in [0.3, 0.4) is 0 Å². The van der Waals surface area contributed by atoms with Crippen LogP contribution < -0.4 is 9.62 Å². The van der Waals surface area contributed by atoms with Gasteiger partial charge >= 0.3 is 0 Å². The Morgan fingerprint density at radius 2 is 2.07 bits per heavy atom. The van der Waals surface area contributed by atoms with Gasteiger partial charge in [0.25, 0.3) is 10.0 Å². The number of likely N-dealkylation sites (N-methyl/N-ethyl adjacent to an activating group) is 1. The molecule has 1 aromatic carbocycles. The molecule has 1 fully saturated rings. The van der Waals surface area contributed by atoms with Crippen LogP contribution in [0, 0.1) is 6.92 Å². The van der Waals surface area contributed by atoms with E-state index >= 15 is 0 Å². The molecular formula is C21H25N5O2S2. The number of hydrogen-bond donors (Lipinski definition) is 1. The van der Waals surface area contributed by atoms with Crippen LogP contribution in [-0.2, 0) is 16.6 Å². The molecule has 1 atom stereocenters. The van der Waals surface area contributed by atoms with Crippen LogP contribution in [-0.4, -0.2) is 49.5 Å². The average Bonchev–Trinajstić information content (AvgIpc) is 3.40. The molecule has 9 heteroatoms. The minimum atomic E-state index is -3.75. The first-order valence-electron chi connectivity index (χ1n) is 9.79. The molecule has 2 aromatic heterocycles. The molecule has 0 aliphatic carbocycles. The highest BCUT2D eigenvalue weighted by molar-refractivity contribution is 7.92. The average molecular weight is 444 g/mol. The van der Waals surface area contributed by atoms with E-state index in [1.54, 1.807) is 23.2 Å². The number of anilines is 2. The Bertz CT molecular complexity index is 1090. The maximum atomic E-state index is 12.6. The van der Waals surface area contributed by atoms with E-state index in [0.29, 0.717) is 11.9 Å². The Balaban J connectivity index is 1.44. The summed E-state index contributed by atoms with van der Waals surface area (Å²) >= 11 is 1.33. The maximum absolute atomic E-state index is 12.6. The van der Waals surface area contributed by atoms with E-state index in [2.05, 4.69) is 55.8 Å². The second-order valence-corrected chi connectivity index (χ2v) is 9.91. The Morgan fingerprint density at radius 1 is 1.27 bits per heavy atom. The highest BCUT2D eigenvalue weighted by Gasteiger charge is 2.27. The number of thiazole rings is 1. The minimum absolute atomic E-state index is 0.00211. The molecule has 3 heterocycles. The summed E-state index contributed by atoms with van der Waals surface area (Å²) in [7, 11) is -1.70. The van der Waals surface area contributed by atoms with Crippen molar-refractivity contribution in [3.05, 3.63) is 64.6 Å². The molecule has 1 aliphatic rings. The van der Waals surface area contributed by atoms with Gasteiger partial charge in [-0.1, -0.05) is 30.3 Å². The normalized spacial score (nSPS) is 17.2. The monoisotopic (exact) mass is 443 g/mol. The molecule has 3 aromatic rings. The predicted octanol–water partition coefficient (Wildman–Crippen LogP) is 3.36. The molecule has 0 saturated carbocycles. The third-order valence-electron chi connectivity index (χ3n) is 5.43. The van der Waals surface area contributed by atoms with Crippen LogP contribution in [0.25, 0.3) is 0 Å². The van der Waals surface area contributed by atoms with E-state index in [1.807, 2.05) is 13.0 Å². The van der Waals surface area contributed by atoms with E-state index in [0.717, 1.165) is 37.3 Å². The minimum Gasteiger partial charge on any atom is -0.369 e. The predicted molar refractivity (Wildman–Crippen MR) is 120 cm³/mol. The lowest BCUT2D eigenvalue weighted by Crippen LogP contribution is -2.35. The van der Waals surface area contributed by atoms with Crippen molar-refractivity contribution >= 4 is 32.9 Å². The Hall–Kier alpha value is -2.49. The summed E-state index contributed by atoms with van der Waals surface area (Å²) in [6, 6.07) is 12.5. The maximum Gasteiger partial charge on any atom is 0.280 e. The van der Waals surface area contributed by atoms with Crippen LogP contribution in [0.4, 0.5) is 11.5 Å². The number of benzene rings is 1. The van der Waals surface area contributed by atoms with Gasteiger partial charge in [-0.3, -0.25) is 9.62 Å². The van der Waals surface area contributed by atoms with Gasteiger partial charge in [-0.05, 0) is 30.5 Å². The Morgan fingerprint density at radius 3 is 2.77 bits per heavy atom. The lowest BCUT2D eigenvalue weighted by Gasteiger charge is -2.28. The molecule has 1 N–H and O–H groups in total. The molecule has 4 rings (SSSR count). The fraction of sp³-hybridized carbons (Fsp3) is 0.333. The molecule has 1 aliphatic heterocycles. The summed E-state index contributed by atoms with van der Waals surface area (Å²) in [6.07, 6.45) is 2.72. The summed E-state index contributed by atoms with van der Waals surface area (Å²) in [5, 5.41) is 1.65. The summed E-state index contributed by atoms with van der Waals surface area (Å²) in [5.74, 6) is 0.310. The van der Waals surface area contributed by atoms with Crippen molar-refractivity contribution in [2.24, 2.45) is 0 Å². The van der Waals surface area contributed by atoms with Crippen LogP contribution in [0.1, 0.15) is 17.5 Å². The van der Waals surface area contributed by atoms with Crippen molar-refractivity contribution in [1.82, 2.24) is 14.9 Å². The van der Waals surface area contributed by atoms with Gasteiger partial charge in [-0.25, -0.2) is 9.97 Å². The molecule has 0 amide bonds. The number of sulfonamides is 1. The van der Waals surface area contributed by atoms with Crippen LogP contribution in [0.2, 0.25) is 0 Å². The van der Waals surface area contributed by atoms with Crippen molar-refractivity contribution in [2.75, 3.05) is 29.8 Å². The standard InChI is InChI=1S/C21H25N5O2S2/c1-16-10-21(30(27,28)24-20-14-29-15-23-20)22-11-19(16)25(2)18-8-9-26(13-18)12-17-6-4-3-5-7-17/h3-7,10-11,14-15,18,24H,8-9,12-13H2,1-2H3. The lowest BCUT2D eigenvalue weighted by molar-refractivity contribution is 0.326. The van der Waals surface area contributed by atoms with Gasteiger partial charge < -0.3 is 4.90 Å². The third kappa shape index (κ3) is 4.63. The lowest BCUT2D eigenvalue weighted by atomic mass is 10.1. The van der Waals surface area contributed by atoms with Crippen molar-refractivity contribution < 1.29 is 8.42 Å². The highest BCUT2D eigenvalue weighted by atomic mass is 32.2. The smallest absolute Gasteiger partial charge is 0.280 e. The molecule has 0 spiro atoms.